The highest BCUT2D eigenvalue weighted by Gasteiger charge is 2.26. The molecule has 1 N–H and O–H groups in total. The van der Waals surface area contributed by atoms with E-state index in [9.17, 15) is 9.59 Å². The first-order chi connectivity index (χ1) is 8.33. The molecule has 2 amide bonds. The van der Waals surface area contributed by atoms with Crippen LogP contribution in [0.5, 0.6) is 0 Å². The SMILES string of the molecule is C[C@@H](CN(C)C(=O)C(C)(C)C)NC(=O)OC(C)(C)C. The Labute approximate surface area is 116 Å². The normalized spacial score (nSPS) is 13.7. The molecule has 0 spiro atoms. The van der Waals surface area contributed by atoms with Crippen molar-refractivity contribution in [2.24, 2.45) is 5.41 Å². The molecular weight excluding hydrogens is 244 g/mol. The lowest BCUT2D eigenvalue weighted by molar-refractivity contribution is -0.138. The smallest absolute Gasteiger partial charge is 0.407 e. The van der Waals surface area contributed by atoms with Crippen molar-refractivity contribution in [3.63, 3.8) is 0 Å². The molecule has 0 aromatic rings. The molecular formula is C14H28N2O3. The quantitative estimate of drug-likeness (QED) is 0.858. The Kier molecular flexibility index (Phi) is 5.84. The van der Waals surface area contributed by atoms with Crippen molar-refractivity contribution in [2.75, 3.05) is 13.6 Å². The van der Waals surface area contributed by atoms with Crippen LogP contribution < -0.4 is 5.32 Å². The molecule has 0 heterocycles. The fourth-order valence-corrected chi connectivity index (χ4v) is 1.62. The summed E-state index contributed by atoms with van der Waals surface area (Å²) in [5.74, 6) is 0.0466. The summed E-state index contributed by atoms with van der Waals surface area (Å²) >= 11 is 0. The summed E-state index contributed by atoms with van der Waals surface area (Å²) in [7, 11) is 1.74. The standard InChI is InChI=1S/C14H28N2O3/c1-10(15-12(18)19-14(5,6)7)9-16(8)11(17)13(2,3)4/h10H,9H2,1-8H3,(H,15,18)/t10-/m0/s1. The van der Waals surface area contributed by atoms with Crippen molar-refractivity contribution in [1.29, 1.82) is 0 Å². The van der Waals surface area contributed by atoms with Crippen molar-refractivity contribution in [1.82, 2.24) is 10.2 Å². The molecule has 112 valence electrons. The summed E-state index contributed by atoms with van der Waals surface area (Å²) in [4.78, 5) is 25.2. The minimum absolute atomic E-state index is 0.0466. The highest BCUT2D eigenvalue weighted by atomic mass is 16.6. The van der Waals surface area contributed by atoms with Gasteiger partial charge in [0.05, 0.1) is 0 Å². The molecule has 5 nitrogen and oxygen atoms in total. The van der Waals surface area contributed by atoms with E-state index in [1.807, 2.05) is 48.5 Å². The molecule has 1 atom stereocenters. The first-order valence-electron chi connectivity index (χ1n) is 6.58. The van der Waals surface area contributed by atoms with Gasteiger partial charge < -0.3 is 15.0 Å². The molecule has 0 saturated heterocycles. The van der Waals surface area contributed by atoms with Gasteiger partial charge in [-0.25, -0.2) is 4.79 Å². The molecule has 0 aromatic carbocycles. The van der Waals surface area contributed by atoms with E-state index in [1.54, 1.807) is 11.9 Å². The fraction of sp³-hybridized carbons (Fsp3) is 0.857. The van der Waals surface area contributed by atoms with Gasteiger partial charge in [-0.15, -0.1) is 0 Å². The lowest BCUT2D eigenvalue weighted by Crippen LogP contribution is -2.46. The van der Waals surface area contributed by atoms with Crippen LogP contribution in [0.1, 0.15) is 48.5 Å². The van der Waals surface area contributed by atoms with E-state index in [0.29, 0.717) is 6.54 Å². The molecule has 0 bridgehead atoms. The third-order valence-corrected chi connectivity index (χ3v) is 2.30. The van der Waals surface area contributed by atoms with Gasteiger partial charge in [-0.2, -0.15) is 0 Å². The van der Waals surface area contributed by atoms with E-state index in [1.165, 1.54) is 0 Å². The number of hydrogen-bond acceptors (Lipinski definition) is 3. The van der Waals surface area contributed by atoms with Crippen LogP contribution in [-0.4, -0.2) is 42.1 Å². The lowest BCUT2D eigenvalue weighted by atomic mass is 9.95. The van der Waals surface area contributed by atoms with Crippen LogP contribution in [0.25, 0.3) is 0 Å². The second-order valence-corrected chi connectivity index (χ2v) is 6.98. The van der Waals surface area contributed by atoms with Crippen LogP contribution in [0, 0.1) is 5.41 Å². The minimum Gasteiger partial charge on any atom is -0.444 e. The zero-order chi connectivity index (χ0) is 15.4. The molecule has 0 radical (unpaired) electrons. The van der Waals surface area contributed by atoms with Gasteiger partial charge in [0.25, 0.3) is 0 Å². The number of alkyl carbamates (subject to hydrolysis) is 1. The Morgan fingerprint density at radius 1 is 1.16 bits per heavy atom. The van der Waals surface area contributed by atoms with Gasteiger partial charge in [0.15, 0.2) is 0 Å². The Balaban J connectivity index is 4.29. The summed E-state index contributed by atoms with van der Waals surface area (Å²) in [5.41, 5.74) is -0.933. The molecule has 0 unspecified atom stereocenters. The van der Waals surface area contributed by atoms with Crippen molar-refractivity contribution in [3.05, 3.63) is 0 Å². The Morgan fingerprint density at radius 2 is 1.63 bits per heavy atom. The maximum absolute atomic E-state index is 12.0. The number of carbonyl (C=O) groups excluding carboxylic acids is 2. The zero-order valence-electron chi connectivity index (χ0n) is 13.5. The lowest BCUT2D eigenvalue weighted by Gasteiger charge is -2.29. The van der Waals surface area contributed by atoms with Crippen LogP contribution in [0.15, 0.2) is 0 Å². The Hall–Kier alpha value is -1.26. The number of nitrogens with zero attached hydrogens (tertiary/aromatic N) is 1. The molecule has 0 aliphatic carbocycles. The summed E-state index contributed by atoms with van der Waals surface area (Å²) in [6, 6.07) is -0.161. The number of rotatable bonds is 3. The highest BCUT2D eigenvalue weighted by Crippen LogP contribution is 2.16. The summed E-state index contributed by atoms with van der Waals surface area (Å²) < 4.78 is 5.16. The van der Waals surface area contributed by atoms with Gasteiger partial charge in [0.1, 0.15) is 5.60 Å². The van der Waals surface area contributed by atoms with E-state index < -0.39 is 17.1 Å². The third-order valence-electron chi connectivity index (χ3n) is 2.30. The van der Waals surface area contributed by atoms with Gasteiger partial charge in [-0.05, 0) is 27.7 Å². The predicted molar refractivity (Wildman–Crippen MR) is 75.9 cm³/mol. The van der Waals surface area contributed by atoms with E-state index >= 15 is 0 Å². The van der Waals surface area contributed by atoms with Crippen molar-refractivity contribution in [3.8, 4) is 0 Å². The Bertz CT molecular complexity index is 327. The maximum atomic E-state index is 12.0. The summed E-state index contributed by atoms with van der Waals surface area (Å²) in [5, 5.41) is 2.72. The van der Waals surface area contributed by atoms with Crippen LogP contribution >= 0.6 is 0 Å². The molecule has 0 aromatic heterocycles. The molecule has 0 aliphatic heterocycles. The van der Waals surface area contributed by atoms with Crippen LogP contribution in [0.2, 0.25) is 0 Å². The molecule has 5 heteroatoms. The van der Waals surface area contributed by atoms with Gasteiger partial charge in [-0.3, -0.25) is 4.79 Å². The van der Waals surface area contributed by atoms with Gasteiger partial charge in [-0.1, -0.05) is 20.8 Å². The van der Waals surface area contributed by atoms with Crippen LogP contribution in [0.3, 0.4) is 0 Å². The second-order valence-electron chi connectivity index (χ2n) is 6.98. The number of hydrogen-bond donors (Lipinski definition) is 1. The summed E-state index contributed by atoms with van der Waals surface area (Å²) in [6.07, 6.45) is -0.461. The number of likely N-dealkylation sites (N-methyl/N-ethyl adjacent to an activating group) is 1. The van der Waals surface area contributed by atoms with Crippen LogP contribution in [0.4, 0.5) is 4.79 Å². The molecule has 19 heavy (non-hydrogen) atoms. The second kappa shape index (κ2) is 6.26. The van der Waals surface area contributed by atoms with E-state index in [0.717, 1.165) is 0 Å². The fourth-order valence-electron chi connectivity index (χ4n) is 1.62. The van der Waals surface area contributed by atoms with Gasteiger partial charge in [0.2, 0.25) is 5.91 Å². The van der Waals surface area contributed by atoms with Crippen molar-refractivity contribution in [2.45, 2.75) is 60.1 Å². The minimum atomic E-state index is -0.517. The molecule has 0 saturated carbocycles. The van der Waals surface area contributed by atoms with E-state index in [-0.39, 0.29) is 11.9 Å². The van der Waals surface area contributed by atoms with Gasteiger partial charge in [0, 0.05) is 25.0 Å². The average Bonchev–Trinajstić information content (AvgIpc) is 2.10. The maximum Gasteiger partial charge on any atom is 0.407 e. The van der Waals surface area contributed by atoms with Gasteiger partial charge >= 0.3 is 6.09 Å². The topological polar surface area (TPSA) is 58.6 Å². The number of carbonyl (C=O) groups is 2. The first kappa shape index (κ1) is 17.7. The number of amides is 2. The van der Waals surface area contributed by atoms with E-state index in [2.05, 4.69) is 5.32 Å². The summed E-state index contributed by atoms with van der Waals surface area (Å²) in [6.45, 7) is 13.4. The van der Waals surface area contributed by atoms with Crippen molar-refractivity contribution < 1.29 is 14.3 Å². The number of ether oxygens (including phenoxy) is 1. The average molecular weight is 272 g/mol. The van der Waals surface area contributed by atoms with Crippen molar-refractivity contribution >= 4 is 12.0 Å². The number of nitrogens with one attached hydrogen (secondary N) is 1. The third kappa shape index (κ3) is 7.70. The monoisotopic (exact) mass is 272 g/mol. The zero-order valence-corrected chi connectivity index (χ0v) is 13.5. The first-order valence-corrected chi connectivity index (χ1v) is 6.58. The van der Waals surface area contributed by atoms with E-state index in [4.69, 9.17) is 4.74 Å². The predicted octanol–water partition coefficient (Wildman–Crippen LogP) is 2.40. The molecule has 0 aliphatic rings. The van der Waals surface area contributed by atoms with Crippen LogP contribution in [-0.2, 0) is 9.53 Å². The highest BCUT2D eigenvalue weighted by molar-refractivity contribution is 5.81. The largest absolute Gasteiger partial charge is 0.444 e. The molecule has 0 rings (SSSR count). The Morgan fingerprint density at radius 3 is 2.00 bits per heavy atom. The molecule has 0 fully saturated rings.